The van der Waals surface area contributed by atoms with Gasteiger partial charge in [0.25, 0.3) is 0 Å². The number of likely N-dealkylation sites (tertiary alicyclic amines) is 1. The van der Waals surface area contributed by atoms with Crippen molar-refractivity contribution >= 4 is 0 Å². The van der Waals surface area contributed by atoms with E-state index in [0.717, 1.165) is 25.3 Å². The molecule has 0 saturated carbocycles. The van der Waals surface area contributed by atoms with Crippen molar-refractivity contribution in [3.05, 3.63) is 42.2 Å². The van der Waals surface area contributed by atoms with Crippen molar-refractivity contribution in [2.24, 2.45) is 0 Å². The maximum Gasteiger partial charge on any atom is 0.115 e. The van der Waals surface area contributed by atoms with E-state index in [4.69, 9.17) is 5.26 Å². The van der Waals surface area contributed by atoms with Crippen LogP contribution < -0.4 is 0 Å². The Kier molecular flexibility index (Phi) is 2.74. The maximum atomic E-state index is 8.74. The van der Waals surface area contributed by atoms with Gasteiger partial charge in [-0.15, -0.1) is 0 Å². The zero-order valence-electron chi connectivity index (χ0n) is 9.77. The fraction of sp³-hybridized carbons (Fsp3) is 0.333. The van der Waals surface area contributed by atoms with Crippen LogP contribution in [0.4, 0.5) is 0 Å². The van der Waals surface area contributed by atoms with Gasteiger partial charge >= 0.3 is 0 Å². The van der Waals surface area contributed by atoms with Gasteiger partial charge in [-0.05, 0) is 6.07 Å². The Morgan fingerprint density at radius 1 is 1.44 bits per heavy atom. The fourth-order valence-corrected chi connectivity index (χ4v) is 2.08. The first-order valence-corrected chi connectivity index (χ1v) is 5.76. The third kappa shape index (κ3) is 2.08. The van der Waals surface area contributed by atoms with E-state index in [-0.39, 0.29) is 0 Å². The second kappa shape index (κ2) is 4.55. The van der Waals surface area contributed by atoms with Gasteiger partial charge in [-0.25, -0.2) is 9.97 Å². The van der Waals surface area contributed by atoms with E-state index in [0.29, 0.717) is 11.6 Å². The number of rotatable bonds is 3. The first-order valence-electron chi connectivity index (χ1n) is 5.76. The average Bonchev–Trinajstić information content (AvgIpc) is 2.83. The first kappa shape index (κ1) is 10.9. The second-order valence-corrected chi connectivity index (χ2v) is 4.37. The van der Waals surface area contributed by atoms with E-state index in [9.17, 15) is 0 Å². The molecule has 2 aromatic rings. The van der Waals surface area contributed by atoms with Crippen LogP contribution in [0.1, 0.15) is 17.3 Å². The summed E-state index contributed by atoms with van der Waals surface area (Å²) in [7, 11) is 0. The zero-order chi connectivity index (χ0) is 12.4. The lowest BCUT2D eigenvalue weighted by molar-refractivity contribution is 0.0895. The Labute approximate surface area is 105 Å². The number of nitrogens with zero attached hydrogens (tertiary/aromatic N) is 6. The van der Waals surface area contributed by atoms with Crippen LogP contribution in [0.5, 0.6) is 0 Å². The third-order valence-corrected chi connectivity index (χ3v) is 3.07. The fourth-order valence-electron chi connectivity index (χ4n) is 2.08. The number of aromatic nitrogens is 4. The Morgan fingerprint density at radius 3 is 3.00 bits per heavy atom. The van der Waals surface area contributed by atoms with E-state index in [1.165, 1.54) is 0 Å². The molecule has 6 heteroatoms. The van der Waals surface area contributed by atoms with Gasteiger partial charge in [-0.3, -0.25) is 9.58 Å². The van der Waals surface area contributed by atoms with Gasteiger partial charge in [-0.1, -0.05) is 0 Å². The number of hydrogen-bond donors (Lipinski definition) is 0. The van der Waals surface area contributed by atoms with Crippen molar-refractivity contribution in [2.45, 2.75) is 12.6 Å². The summed E-state index contributed by atoms with van der Waals surface area (Å²) in [6, 6.07) is 4.38. The summed E-state index contributed by atoms with van der Waals surface area (Å²) < 4.78 is 1.87. The molecule has 18 heavy (non-hydrogen) atoms. The molecule has 0 atom stereocenters. The highest BCUT2D eigenvalue weighted by atomic mass is 15.4. The molecule has 1 fully saturated rings. The summed E-state index contributed by atoms with van der Waals surface area (Å²) in [6.45, 7) is 2.72. The van der Waals surface area contributed by atoms with Gasteiger partial charge in [0, 0.05) is 32.0 Å². The largest absolute Gasteiger partial charge is 0.293 e. The van der Waals surface area contributed by atoms with Crippen molar-refractivity contribution in [3.8, 4) is 6.07 Å². The molecular weight excluding hydrogens is 228 g/mol. The Balaban J connectivity index is 1.56. The Hall–Kier alpha value is -2.26. The Bertz CT molecular complexity index is 564. The molecule has 0 amide bonds. The van der Waals surface area contributed by atoms with Gasteiger partial charge < -0.3 is 0 Å². The molecule has 0 radical (unpaired) electrons. The van der Waals surface area contributed by atoms with Crippen LogP contribution in [0.25, 0.3) is 0 Å². The first-order chi connectivity index (χ1) is 8.85. The molecule has 0 unspecified atom stereocenters. The van der Waals surface area contributed by atoms with Crippen molar-refractivity contribution in [3.63, 3.8) is 0 Å². The van der Waals surface area contributed by atoms with Crippen LogP contribution in [-0.4, -0.2) is 37.7 Å². The minimum Gasteiger partial charge on any atom is -0.293 e. The van der Waals surface area contributed by atoms with Gasteiger partial charge in [0.15, 0.2) is 0 Å². The molecule has 0 aliphatic carbocycles. The molecule has 1 saturated heterocycles. The van der Waals surface area contributed by atoms with Crippen LogP contribution >= 0.6 is 0 Å². The third-order valence-electron chi connectivity index (χ3n) is 3.07. The lowest BCUT2D eigenvalue weighted by atomic mass is 10.1. The number of hydrogen-bond acceptors (Lipinski definition) is 5. The van der Waals surface area contributed by atoms with Crippen molar-refractivity contribution in [2.75, 3.05) is 13.1 Å². The molecule has 1 aliphatic rings. The van der Waals surface area contributed by atoms with Crippen LogP contribution in [0.3, 0.4) is 0 Å². The van der Waals surface area contributed by atoms with Crippen LogP contribution in [0.15, 0.2) is 31.0 Å². The summed E-state index contributed by atoms with van der Waals surface area (Å²) >= 11 is 0. The summed E-state index contributed by atoms with van der Waals surface area (Å²) in [6.07, 6.45) is 6.73. The molecule has 0 bridgehead atoms. The highest BCUT2D eigenvalue weighted by molar-refractivity contribution is 5.22. The summed E-state index contributed by atoms with van der Waals surface area (Å²) in [5, 5.41) is 12.9. The van der Waals surface area contributed by atoms with Crippen molar-refractivity contribution < 1.29 is 0 Å². The molecule has 0 spiro atoms. The second-order valence-electron chi connectivity index (χ2n) is 4.37. The van der Waals surface area contributed by atoms with E-state index in [1.807, 2.05) is 10.7 Å². The van der Waals surface area contributed by atoms with Crippen molar-refractivity contribution in [1.29, 1.82) is 5.26 Å². The lowest BCUT2D eigenvalue weighted by Gasteiger charge is -2.38. The molecule has 90 valence electrons. The van der Waals surface area contributed by atoms with Crippen molar-refractivity contribution in [1.82, 2.24) is 24.6 Å². The minimum atomic E-state index is 0.369. The lowest BCUT2D eigenvalue weighted by Crippen LogP contribution is -2.47. The molecule has 0 N–H and O–H groups in total. The highest BCUT2D eigenvalue weighted by Gasteiger charge is 2.28. The molecular formula is C12H12N6. The average molecular weight is 240 g/mol. The van der Waals surface area contributed by atoms with Crippen LogP contribution in [0, 0.1) is 11.3 Å². The monoisotopic (exact) mass is 240 g/mol. The SMILES string of the molecule is N#Cc1cnn(C2CN(Cc3ccncn3)C2)c1. The molecule has 2 aromatic heterocycles. The zero-order valence-corrected chi connectivity index (χ0v) is 9.77. The van der Waals surface area contributed by atoms with Crippen LogP contribution in [0.2, 0.25) is 0 Å². The van der Waals surface area contributed by atoms with E-state index < -0.39 is 0 Å². The minimum absolute atomic E-state index is 0.369. The number of nitriles is 1. The standard InChI is InChI=1S/C12H12N6/c13-3-10-4-16-18(5-10)12-7-17(8-12)6-11-1-2-14-9-15-11/h1-2,4-5,9,12H,6-8H2. The normalized spacial score (nSPS) is 16.2. The van der Waals surface area contributed by atoms with Gasteiger partial charge in [0.1, 0.15) is 12.4 Å². The maximum absolute atomic E-state index is 8.74. The summed E-state index contributed by atoms with van der Waals surface area (Å²) in [5.74, 6) is 0. The van der Waals surface area contributed by atoms with Gasteiger partial charge in [0.05, 0.1) is 23.5 Å². The molecule has 0 aromatic carbocycles. The smallest absolute Gasteiger partial charge is 0.115 e. The molecule has 1 aliphatic heterocycles. The molecule has 6 nitrogen and oxygen atoms in total. The van der Waals surface area contributed by atoms with E-state index >= 15 is 0 Å². The quantitative estimate of drug-likeness (QED) is 0.785. The van der Waals surface area contributed by atoms with Crippen LogP contribution in [-0.2, 0) is 6.54 Å². The summed E-state index contributed by atoms with van der Waals surface area (Å²) in [4.78, 5) is 10.4. The van der Waals surface area contributed by atoms with Gasteiger partial charge in [0.2, 0.25) is 0 Å². The summed E-state index contributed by atoms with van der Waals surface area (Å²) in [5.41, 5.74) is 1.64. The predicted octanol–water partition coefficient (Wildman–Crippen LogP) is 0.602. The topological polar surface area (TPSA) is 70.6 Å². The molecule has 3 heterocycles. The van der Waals surface area contributed by atoms with E-state index in [1.54, 1.807) is 24.9 Å². The Morgan fingerprint density at radius 2 is 2.33 bits per heavy atom. The van der Waals surface area contributed by atoms with E-state index in [2.05, 4.69) is 26.0 Å². The molecule has 3 rings (SSSR count). The highest BCUT2D eigenvalue weighted by Crippen LogP contribution is 2.22. The van der Waals surface area contributed by atoms with Gasteiger partial charge in [-0.2, -0.15) is 10.4 Å². The predicted molar refractivity (Wildman–Crippen MR) is 63.3 cm³/mol.